The molecule has 1 N–H and O–H groups in total. The average Bonchev–Trinajstić information content (AvgIpc) is 3.44. The zero-order valence-electron chi connectivity index (χ0n) is 16.6. The lowest BCUT2D eigenvalue weighted by Gasteiger charge is -2.00. The summed E-state index contributed by atoms with van der Waals surface area (Å²) in [4.78, 5) is 8.39. The van der Waals surface area contributed by atoms with Crippen molar-refractivity contribution in [3.05, 3.63) is 65.7 Å². The molecule has 0 saturated carbocycles. The van der Waals surface area contributed by atoms with Crippen LogP contribution in [-0.2, 0) is 0 Å². The first kappa shape index (κ1) is 18.3. The number of aromatic amines is 1. The van der Waals surface area contributed by atoms with Crippen molar-refractivity contribution in [3.63, 3.8) is 0 Å². The van der Waals surface area contributed by atoms with E-state index in [1.807, 2.05) is 37.3 Å². The lowest BCUT2D eigenvalue weighted by molar-refractivity contribution is 0.793. The topological polar surface area (TPSA) is 138 Å². The predicted octanol–water partition coefficient (Wildman–Crippen LogP) is 3.60. The van der Waals surface area contributed by atoms with Gasteiger partial charge in [0.2, 0.25) is 0 Å². The van der Waals surface area contributed by atoms with E-state index in [4.69, 9.17) is 0 Å². The zero-order chi connectivity index (χ0) is 21.4. The van der Waals surface area contributed by atoms with Crippen molar-refractivity contribution in [2.45, 2.75) is 13.8 Å². The summed E-state index contributed by atoms with van der Waals surface area (Å²) in [6, 6.07) is 13.5. The second kappa shape index (κ2) is 7.27. The third-order valence-electron chi connectivity index (χ3n) is 4.66. The Morgan fingerprint density at radius 3 is 2.48 bits per heavy atom. The Balaban J connectivity index is 1.62. The number of hydrogen-bond donors (Lipinski definition) is 1. The van der Waals surface area contributed by atoms with Crippen LogP contribution in [0.15, 0.2) is 59.0 Å². The molecule has 0 amide bonds. The van der Waals surface area contributed by atoms with Gasteiger partial charge in [-0.1, -0.05) is 30.3 Å². The van der Waals surface area contributed by atoms with Gasteiger partial charge in [-0.15, -0.1) is 10.2 Å². The van der Waals surface area contributed by atoms with Crippen molar-refractivity contribution in [1.82, 2.24) is 39.6 Å². The van der Waals surface area contributed by atoms with Gasteiger partial charge in [0, 0.05) is 18.0 Å². The van der Waals surface area contributed by atoms with E-state index in [0.717, 1.165) is 5.56 Å². The Morgan fingerprint density at radius 1 is 0.968 bits per heavy atom. The van der Waals surface area contributed by atoms with E-state index in [2.05, 4.69) is 46.7 Å². The molecule has 0 bridgehead atoms. The molecular formula is C20H15N11. The minimum Gasteiger partial charge on any atom is -0.257 e. The number of rotatable bonds is 4. The number of nitrogens with one attached hydrogen (secondary N) is 1. The van der Waals surface area contributed by atoms with E-state index in [-0.39, 0.29) is 5.82 Å². The van der Waals surface area contributed by atoms with Crippen molar-refractivity contribution in [2.24, 2.45) is 10.2 Å². The molecule has 0 radical (unpaired) electrons. The van der Waals surface area contributed by atoms with Crippen molar-refractivity contribution < 1.29 is 0 Å². The lowest BCUT2D eigenvalue weighted by atomic mass is 10.2. The van der Waals surface area contributed by atoms with Crippen molar-refractivity contribution in [1.29, 1.82) is 5.26 Å². The maximum Gasteiger partial charge on any atom is 0.252 e. The maximum absolute atomic E-state index is 9.59. The van der Waals surface area contributed by atoms with Crippen LogP contribution in [-0.4, -0.2) is 39.6 Å². The summed E-state index contributed by atoms with van der Waals surface area (Å²) in [5.41, 5.74) is 3.49. The molecule has 0 aliphatic heterocycles. The van der Waals surface area contributed by atoms with Crippen LogP contribution < -0.4 is 0 Å². The smallest absolute Gasteiger partial charge is 0.252 e. The molecule has 4 aromatic heterocycles. The summed E-state index contributed by atoms with van der Waals surface area (Å²) in [6.45, 7) is 3.56. The molecular weight excluding hydrogens is 394 g/mol. The molecule has 5 rings (SSSR count). The molecule has 31 heavy (non-hydrogen) atoms. The molecule has 0 unspecified atom stereocenters. The molecule has 0 aliphatic carbocycles. The number of benzene rings is 1. The van der Waals surface area contributed by atoms with E-state index in [1.165, 1.54) is 4.68 Å². The summed E-state index contributed by atoms with van der Waals surface area (Å²) in [7, 11) is 0. The van der Waals surface area contributed by atoms with E-state index in [9.17, 15) is 5.26 Å². The first-order chi connectivity index (χ1) is 15.2. The van der Waals surface area contributed by atoms with Crippen molar-refractivity contribution >= 4 is 17.2 Å². The molecule has 0 saturated heterocycles. The van der Waals surface area contributed by atoms with E-state index in [1.54, 1.807) is 29.9 Å². The molecule has 0 spiro atoms. The number of nitriles is 1. The van der Waals surface area contributed by atoms with Crippen molar-refractivity contribution in [3.8, 4) is 23.4 Å². The van der Waals surface area contributed by atoms with E-state index < -0.39 is 0 Å². The lowest BCUT2D eigenvalue weighted by Crippen LogP contribution is -2.01. The number of H-pyrrole nitrogens is 1. The fourth-order valence-electron chi connectivity index (χ4n) is 3.20. The molecule has 0 aliphatic rings. The minimum absolute atomic E-state index is 0.243. The molecule has 11 nitrogen and oxygen atoms in total. The van der Waals surface area contributed by atoms with Crippen LogP contribution in [0.4, 0.5) is 11.5 Å². The van der Waals surface area contributed by atoms with Gasteiger partial charge in [-0.3, -0.25) is 5.10 Å². The standard InChI is InChI=1S/C20H15N11/c1-12-15(11-21)18(31(28-12)20-22-9-6-10-23-20)26-24-16-13(2)29-30-17(25-27-19(16)30)14-7-4-3-5-8-14/h3-10,27H,1-2H3/b26-24+. The minimum atomic E-state index is 0.243. The number of nitrogens with zero attached hydrogens (tertiary/aromatic N) is 10. The van der Waals surface area contributed by atoms with Gasteiger partial charge in [-0.2, -0.15) is 29.8 Å². The van der Waals surface area contributed by atoms with Crippen LogP contribution in [0.3, 0.4) is 0 Å². The third-order valence-corrected chi connectivity index (χ3v) is 4.66. The normalized spacial score (nSPS) is 11.4. The highest BCUT2D eigenvalue weighted by molar-refractivity contribution is 5.70. The first-order valence-corrected chi connectivity index (χ1v) is 9.35. The Bertz CT molecular complexity index is 1450. The van der Waals surface area contributed by atoms with E-state index >= 15 is 0 Å². The fraction of sp³-hybridized carbons (Fsp3) is 0.100. The van der Waals surface area contributed by atoms with Crippen molar-refractivity contribution in [2.75, 3.05) is 0 Å². The number of hydrogen-bond acceptors (Lipinski definition) is 8. The summed E-state index contributed by atoms with van der Waals surface area (Å²) in [6.07, 6.45) is 3.18. The molecule has 1 aromatic carbocycles. The highest BCUT2D eigenvalue weighted by atomic mass is 15.4. The molecule has 11 heteroatoms. The van der Waals surface area contributed by atoms with E-state index in [0.29, 0.717) is 40.1 Å². The molecule has 150 valence electrons. The van der Waals surface area contributed by atoms with Gasteiger partial charge in [0.05, 0.1) is 11.4 Å². The van der Waals surface area contributed by atoms with Crippen LogP contribution in [0, 0.1) is 25.2 Å². The summed E-state index contributed by atoms with van der Waals surface area (Å²) in [5, 5.41) is 34.6. The monoisotopic (exact) mass is 409 g/mol. The number of azo groups is 1. The Kier molecular flexibility index (Phi) is 4.30. The second-order valence-electron chi connectivity index (χ2n) is 6.66. The third kappa shape index (κ3) is 3.03. The molecule has 4 heterocycles. The van der Waals surface area contributed by atoms with Gasteiger partial charge >= 0.3 is 0 Å². The number of fused-ring (bicyclic) bond motifs is 1. The predicted molar refractivity (Wildman–Crippen MR) is 110 cm³/mol. The summed E-state index contributed by atoms with van der Waals surface area (Å²) < 4.78 is 3.09. The maximum atomic E-state index is 9.59. The van der Waals surface area contributed by atoms with Crippen LogP contribution >= 0.6 is 0 Å². The zero-order valence-corrected chi connectivity index (χ0v) is 16.6. The summed E-state index contributed by atoms with van der Waals surface area (Å²) >= 11 is 0. The van der Waals surface area contributed by atoms with Crippen LogP contribution in [0.5, 0.6) is 0 Å². The quantitative estimate of drug-likeness (QED) is 0.450. The summed E-state index contributed by atoms with van der Waals surface area (Å²) in [5.74, 6) is 1.20. The van der Waals surface area contributed by atoms with Gasteiger partial charge in [-0.05, 0) is 19.9 Å². The van der Waals surface area contributed by atoms with Crippen LogP contribution in [0.1, 0.15) is 17.0 Å². The molecule has 0 fully saturated rings. The molecule has 5 aromatic rings. The van der Waals surface area contributed by atoms with Gasteiger partial charge in [-0.25, -0.2) is 9.97 Å². The number of aryl methyl sites for hydroxylation is 2. The highest BCUT2D eigenvalue weighted by Crippen LogP contribution is 2.31. The van der Waals surface area contributed by atoms with Crippen LogP contribution in [0.2, 0.25) is 0 Å². The Labute approximate surface area is 175 Å². The number of aromatic nitrogens is 8. The van der Waals surface area contributed by atoms with Gasteiger partial charge in [0.25, 0.3) is 5.95 Å². The van der Waals surface area contributed by atoms with Gasteiger partial charge in [0.1, 0.15) is 11.6 Å². The van der Waals surface area contributed by atoms with Gasteiger partial charge < -0.3 is 0 Å². The van der Waals surface area contributed by atoms with Gasteiger partial charge in [0.15, 0.2) is 23.0 Å². The average molecular weight is 409 g/mol. The van der Waals surface area contributed by atoms with Crippen LogP contribution in [0.25, 0.3) is 23.0 Å². The second-order valence-corrected chi connectivity index (χ2v) is 6.66. The Hall–Kier alpha value is -4.72. The first-order valence-electron chi connectivity index (χ1n) is 9.35. The Morgan fingerprint density at radius 2 is 1.74 bits per heavy atom. The fourth-order valence-corrected chi connectivity index (χ4v) is 3.20. The SMILES string of the molecule is Cc1nn(-c2ncccn2)c(/N=N/c2c(C)nn3c(-c4ccccc4)n[nH]c23)c1C#N. The largest absolute Gasteiger partial charge is 0.257 e. The molecule has 0 atom stereocenters. The highest BCUT2D eigenvalue weighted by Gasteiger charge is 2.20.